The van der Waals surface area contributed by atoms with Gasteiger partial charge in [0.15, 0.2) is 0 Å². The third-order valence-electron chi connectivity index (χ3n) is 4.12. The lowest BCUT2D eigenvalue weighted by Crippen LogP contribution is -2.26. The average molecular weight is 321 g/mol. The van der Waals surface area contributed by atoms with E-state index in [0.29, 0.717) is 6.54 Å². The summed E-state index contributed by atoms with van der Waals surface area (Å²) < 4.78 is 0. The standard InChI is InChI=1S/C20H23N3O/c1-16-7-9-18(10-8-16)20-19(13-21-22-20)15-23(11-12-24)14-17-5-3-2-4-6-17/h2-10,13,24H,11-12,14-15H2,1H3,(H,21,22). The lowest BCUT2D eigenvalue weighted by Gasteiger charge is -2.21. The highest BCUT2D eigenvalue weighted by Gasteiger charge is 2.12. The number of aromatic amines is 1. The van der Waals surface area contributed by atoms with Crippen molar-refractivity contribution < 1.29 is 5.11 Å². The Balaban J connectivity index is 1.78. The first-order valence-corrected chi connectivity index (χ1v) is 8.22. The van der Waals surface area contributed by atoms with Crippen LogP contribution in [0.3, 0.4) is 0 Å². The molecular formula is C20H23N3O. The Labute approximate surface area is 142 Å². The Hall–Kier alpha value is -2.43. The zero-order valence-corrected chi connectivity index (χ0v) is 13.9. The van der Waals surface area contributed by atoms with Crippen LogP contribution in [0.4, 0.5) is 0 Å². The van der Waals surface area contributed by atoms with E-state index in [1.807, 2.05) is 24.4 Å². The lowest BCUT2D eigenvalue weighted by atomic mass is 10.1. The number of hydrogen-bond donors (Lipinski definition) is 2. The number of aryl methyl sites for hydroxylation is 1. The second-order valence-electron chi connectivity index (χ2n) is 6.06. The highest BCUT2D eigenvalue weighted by Crippen LogP contribution is 2.23. The number of nitrogens with zero attached hydrogens (tertiary/aromatic N) is 2. The molecule has 24 heavy (non-hydrogen) atoms. The number of nitrogens with one attached hydrogen (secondary N) is 1. The van der Waals surface area contributed by atoms with Crippen LogP contribution < -0.4 is 0 Å². The summed E-state index contributed by atoms with van der Waals surface area (Å²) in [5.41, 5.74) is 5.81. The second kappa shape index (κ2) is 7.90. The largest absolute Gasteiger partial charge is 0.395 e. The molecule has 2 N–H and O–H groups in total. The van der Waals surface area contributed by atoms with Crippen molar-refractivity contribution in [1.82, 2.24) is 15.1 Å². The molecule has 0 unspecified atom stereocenters. The Morgan fingerprint density at radius 1 is 1.00 bits per heavy atom. The summed E-state index contributed by atoms with van der Waals surface area (Å²) in [6.45, 7) is 4.41. The number of H-pyrrole nitrogens is 1. The van der Waals surface area contributed by atoms with Crippen molar-refractivity contribution in [2.24, 2.45) is 0 Å². The predicted octanol–water partition coefficient (Wildman–Crippen LogP) is 3.38. The summed E-state index contributed by atoms with van der Waals surface area (Å²) in [6.07, 6.45) is 1.88. The number of aliphatic hydroxyl groups is 1. The van der Waals surface area contributed by atoms with Gasteiger partial charge in [-0.15, -0.1) is 0 Å². The second-order valence-corrected chi connectivity index (χ2v) is 6.06. The molecule has 0 bridgehead atoms. The maximum absolute atomic E-state index is 9.40. The van der Waals surface area contributed by atoms with E-state index in [9.17, 15) is 5.11 Å². The van der Waals surface area contributed by atoms with Crippen LogP contribution in [0.5, 0.6) is 0 Å². The molecule has 124 valence electrons. The summed E-state index contributed by atoms with van der Waals surface area (Å²) in [7, 11) is 0. The van der Waals surface area contributed by atoms with E-state index in [4.69, 9.17) is 0 Å². The Bertz CT molecular complexity index is 750. The van der Waals surface area contributed by atoms with Gasteiger partial charge < -0.3 is 5.11 Å². The van der Waals surface area contributed by atoms with Crippen LogP contribution in [0.25, 0.3) is 11.3 Å². The molecule has 0 aliphatic heterocycles. The minimum atomic E-state index is 0.143. The van der Waals surface area contributed by atoms with Gasteiger partial charge in [-0.05, 0) is 18.1 Å². The first-order chi connectivity index (χ1) is 11.8. The minimum absolute atomic E-state index is 0.143. The van der Waals surface area contributed by atoms with Crippen molar-refractivity contribution in [3.8, 4) is 11.3 Å². The van der Waals surface area contributed by atoms with Gasteiger partial charge in [-0.25, -0.2) is 0 Å². The summed E-state index contributed by atoms with van der Waals surface area (Å²) >= 11 is 0. The van der Waals surface area contributed by atoms with Crippen LogP contribution in [-0.2, 0) is 13.1 Å². The molecule has 1 heterocycles. The first kappa shape index (κ1) is 16.4. The summed E-state index contributed by atoms with van der Waals surface area (Å²) in [4.78, 5) is 2.23. The molecule has 0 atom stereocenters. The SMILES string of the molecule is Cc1ccc(-c2[nH]ncc2CN(CCO)Cc2ccccc2)cc1. The maximum atomic E-state index is 9.40. The van der Waals surface area contributed by atoms with Gasteiger partial charge in [-0.3, -0.25) is 10.00 Å². The van der Waals surface area contributed by atoms with Crippen molar-refractivity contribution in [3.63, 3.8) is 0 Å². The molecule has 0 saturated carbocycles. The number of aliphatic hydroxyl groups excluding tert-OH is 1. The van der Waals surface area contributed by atoms with Crippen LogP contribution in [-0.4, -0.2) is 33.4 Å². The maximum Gasteiger partial charge on any atom is 0.0695 e. The molecule has 0 aliphatic rings. The topological polar surface area (TPSA) is 52.2 Å². The fourth-order valence-electron chi connectivity index (χ4n) is 2.84. The summed E-state index contributed by atoms with van der Waals surface area (Å²) in [5.74, 6) is 0. The highest BCUT2D eigenvalue weighted by atomic mass is 16.3. The molecule has 1 aromatic heterocycles. The quantitative estimate of drug-likeness (QED) is 0.701. The van der Waals surface area contributed by atoms with Crippen LogP contribution >= 0.6 is 0 Å². The van der Waals surface area contributed by atoms with Crippen LogP contribution in [0, 0.1) is 6.92 Å². The van der Waals surface area contributed by atoms with E-state index in [2.05, 4.69) is 58.4 Å². The normalized spacial score (nSPS) is 11.1. The van der Waals surface area contributed by atoms with Crippen molar-refractivity contribution in [1.29, 1.82) is 0 Å². The van der Waals surface area contributed by atoms with E-state index in [0.717, 1.165) is 29.9 Å². The molecule has 3 aromatic rings. The molecule has 0 aliphatic carbocycles. The number of aromatic nitrogens is 2. The van der Waals surface area contributed by atoms with Gasteiger partial charge in [0.2, 0.25) is 0 Å². The Morgan fingerprint density at radius 3 is 2.46 bits per heavy atom. The predicted molar refractivity (Wildman–Crippen MR) is 96.4 cm³/mol. The molecule has 2 aromatic carbocycles. The van der Waals surface area contributed by atoms with Crippen LogP contribution in [0.15, 0.2) is 60.8 Å². The van der Waals surface area contributed by atoms with E-state index in [1.54, 1.807) is 0 Å². The molecule has 3 rings (SSSR count). The summed E-state index contributed by atoms with van der Waals surface area (Å²) in [6, 6.07) is 18.8. The molecule has 0 saturated heterocycles. The third-order valence-corrected chi connectivity index (χ3v) is 4.12. The minimum Gasteiger partial charge on any atom is -0.395 e. The molecule has 0 spiro atoms. The van der Waals surface area contributed by atoms with E-state index < -0.39 is 0 Å². The van der Waals surface area contributed by atoms with Gasteiger partial charge in [0, 0.05) is 25.2 Å². The Kier molecular flexibility index (Phi) is 5.41. The van der Waals surface area contributed by atoms with Crippen molar-refractivity contribution in [2.75, 3.05) is 13.2 Å². The lowest BCUT2D eigenvalue weighted by molar-refractivity contribution is 0.184. The third kappa shape index (κ3) is 4.10. The van der Waals surface area contributed by atoms with Crippen LogP contribution in [0.1, 0.15) is 16.7 Å². The van der Waals surface area contributed by atoms with Gasteiger partial charge in [0.25, 0.3) is 0 Å². The molecule has 0 radical (unpaired) electrons. The van der Waals surface area contributed by atoms with E-state index >= 15 is 0 Å². The monoisotopic (exact) mass is 321 g/mol. The highest BCUT2D eigenvalue weighted by molar-refractivity contribution is 5.62. The fourth-order valence-corrected chi connectivity index (χ4v) is 2.84. The van der Waals surface area contributed by atoms with Gasteiger partial charge >= 0.3 is 0 Å². The van der Waals surface area contributed by atoms with Crippen molar-refractivity contribution in [3.05, 3.63) is 77.5 Å². The molecular weight excluding hydrogens is 298 g/mol. The Morgan fingerprint density at radius 2 is 1.75 bits per heavy atom. The van der Waals surface area contributed by atoms with E-state index in [-0.39, 0.29) is 6.61 Å². The number of benzene rings is 2. The molecule has 4 nitrogen and oxygen atoms in total. The van der Waals surface area contributed by atoms with Crippen molar-refractivity contribution in [2.45, 2.75) is 20.0 Å². The summed E-state index contributed by atoms with van der Waals surface area (Å²) in [5, 5.41) is 16.7. The molecule has 4 heteroatoms. The number of rotatable bonds is 7. The molecule has 0 fully saturated rings. The first-order valence-electron chi connectivity index (χ1n) is 8.22. The number of hydrogen-bond acceptors (Lipinski definition) is 3. The van der Waals surface area contributed by atoms with Crippen molar-refractivity contribution >= 4 is 0 Å². The van der Waals surface area contributed by atoms with Gasteiger partial charge in [0.05, 0.1) is 18.5 Å². The van der Waals surface area contributed by atoms with Gasteiger partial charge in [-0.1, -0.05) is 60.2 Å². The van der Waals surface area contributed by atoms with Gasteiger partial charge in [-0.2, -0.15) is 5.10 Å². The van der Waals surface area contributed by atoms with E-state index in [1.165, 1.54) is 11.1 Å². The van der Waals surface area contributed by atoms with Crippen LogP contribution in [0.2, 0.25) is 0 Å². The zero-order chi connectivity index (χ0) is 16.8. The molecule has 0 amide bonds. The van der Waals surface area contributed by atoms with Gasteiger partial charge in [0.1, 0.15) is 0 Å². The zero-order valence-electron chi connectivity index (χ0n) is 13.9. The average Bonchev–Trinajstić information content (AvgIpc) is 3.05. The fraction of sp³-hybridized carbons (Fsp3) is 0.250. The smallest absolute Gasteiger partial charge is 0.0695 e.